The molecule has 5 nitrogen and oxygen atoms in total. The Morgan fingerprint density at radius 1 is 1.14 bits per heavy atom. The summed E-state index contributed by atoms with van der Waals surface area (Å²) in [7, 11) is 0. The van der Waals surface area contributed by atoms with E-state index in [1.165, 1.54) is 11.8 Å². The molecule has 1 aliphatic carbocycles. The van der Waals surface area contributed by atoms with Crippen molar-refractivity contribution in [3.05, 3.63) is 85.0 Å². The Bertz CT molecular complexity index is 1310. The summed E-state index contributed by atoms with van der Waals surface area (Å²) in [6.07, 6.45) is 1.07. The number of carbonyl (C=O) groups excluding carboxylic acids is 2. The van der Waals surface area contributed by atoms with Gasteiger partial charge in [-0.25, -0.2) is 0 Å². The van der Waals surface area contributed by atoms with Crippen LogP contribution in [0.5, 0.6) is 0 Å². The number of amides is 1. The molecule has 35 heavy (non-hydrogen) atoms. The summed E-state index contributed by atoms with van der Waals surface area (Å²) in [5.41, 5.74) is 2.87. The first-order chi connectivity index (χ1) is 16.6. The molecule has 1 amide bonds. The molecule has 0 saturated heterocycles. The highest BCUT2D eigenvalue weighted by Crippen LogP contribution is 2.48. The first-order valence-corrected chi connectivity index (χ1v) is 13.0. The lowest BCUT2D eigenvalue weighted by Gasteiger charge is -2.39. The van der Waals surface area contributed by atoms with E-state index in [2.05, 4.69) is 16.7 Å². The Labute approximate surface area is 223 Å². The molecule has 2 N–H and O–H groups in total. The van der Waals surface area contributed by atoms with Crippen molar-refractivity contribution in [3.8, 4) is 6.07 Å². The van der Waals surface area contributed by atoms with Crippen molar-refractivity contribution in [2.75, 3.05) is 11.1 Å². The summed E-state index contributed by atoms with van der Waals surface area (Å²) in [6, 6.07) is 14.3. The molecular weight excluding hydrogens is 525 g/mol. The fourth-order valence-electron chi connectivity index (χ4n) is 4.39. The van der Waals surface area contributed by atoms with Crippen LogP contribution < -0.4 is 10.6 Å². The van der Waals surface area contributed by atoms with Crippen LogP contribution in [0.2, 0.25) is 15.1 Å². The number of nitrogens with one attached hydrogen (secondary N) is 2. The van der Waals surface area contributed by atoms with E-state index >= 15 is 0 Å². The number of rotatable bonds is 5. The van der Waals surface area contributed by atoms with E-state index in [-0.39, 0.29) is 22.9 Å². The van der Waals surface area contributed by atoms with E-state index in [9.17, 15) is 14.9 Å². The quantitative estimate of drug-likeness (QED) is 0.419. The van der Waals surface area contributed by atoms with E-state index in [0.29, 0.717) is 49.8 Å². The van der Waals surface area contributed by atoms with Crippen LogP contribution >= 0.6 is 46.6 Å². The summed E-state index contributed by atoms with van der Waals surface area (Å²) in [5, 5.41) is 18.2. The fraction of sp³-hybridized carbons (Fsp3) is 0.269. The monoisotopic (exact) mass is 545 g/mol. The lowest BCUT2D eigenvalue weighted by Crippen LogP contribution is -2.37. The van der Waals surface area contributed by atoms with E-state index in [1.807, 2.05) is 26.0 Å². The third kappa shape index (κ3) is 5.70. The predicted molar refractivity (Wildman–Crippen MR) is 143 cm³/mol. The van der Waals surface area contributed by atoms with Gasteiger partial charge >= 0.3 is 0 Å². The SMILES string of the molecule is CC1(C)CC(=O)C2=C(C1)NC(SCC(=O)Nc1ccc(Cl)cc1Cl)=C(C#N)[C@H]2c1ccc(Cl)cc1. The molecule has 4 rings (SSSR count). The number of nitriles is 1. The number of hydrogen-bond acceptors (Lipinski definition) is 5. The molecular formula is C26H22Cl3N3O2S. The number of nitrogens with zero attached hydrogens (tertiary/aromatic N) is 1. The van der Waals surface area contributed by atoms with Crippen molar-refractivity contribution in [2.45, 2.75) is 32.6 Å². The number of Topliss-reactive ketones (excluding diaryl/α,β-unsaturated/α-hetero) is 1. The maximum atomic E-state index is 13.2. The highest BCUT2D eigenvalue weighted by Gasteiger charge is 2.41. The maximum absolute atomic E-state index is 13.2. The van der Waals surface area contributed by atoms with Crippen LogP contribution in [0.15, 0.2) is 64.3 Å². The Hall–Kier alpha value is -2.43. The van der Waals surface area contributed by atoms with Crippen molar-refractivity contribution in [1.82, 2.24) is 5.32 Å². The smallest absolute Gasteiger partial charge is 0.234 e. The average molecular weight is 547 g/mol. The summed E-state index contributed by atoms with van der Waals surface area (Å²) in [4.78, 5) is 25.9. The molecule has 2 aromatic rings. The normalized spacial score (nSPS) is 19.1. The second kappa shape index (κ2) is 10.3. The van der Waals surface area contributed by atoms with Gasteiger partial charge in [0, 0.05) is 27.7 Å². The van der Waals surface area contributed by atoms with E-state index in [4.69, 9.17) is 34.8 Å². The zero-order valence-corrected chi connectivity index (χ0v) is 22.1. The molecule has 2 aliphatic rings. The van der Waals surface area contributed by atoms with Crippen LogP contribution in [0.25, 0.3) is 0 Å². The van der Waals surface area contributed by atoms with E-state index < -0.39 is 5.92 Å². The van der Waals surface area contributed by atoms with Crippen LogP contribution in [0, 0.1) is 16.7 Å². The van der Waals surface area contributed by atoms with Gasteiger partial charge in [-0.3, -0.25) is 9.59 Å². The topological polar surface area (TPSA) is 82.0 Å². The minimum atomic E-state index is -0.520. The van der Waals surface area contributed by atoms with Gasteiger partial charge in [-0.15, -0.1) is 0 Å². The molecule has 1 heterocycles. The van der Waals surface area contributed by atoms with Crippen molar-refractivity contribution >= 4 is 63.9 Å². The first kappa shape index (κ1) is 25.7. The van der Waals surface area contributed by atoms with Crippen LogP contribution in [0.1, 0.15) is 38.2 Å². The molecule has 0 unspecified atom stereocenters. The Morgan fingerprint density at radius 2 is 1.83 bits per heavy atom. The summed E-state index contributed by atoms with van der Waals surface area (Å²) < 4.78 is 0. The van der Waals surface area contributed by atoms with Gasteiger partial charge in [0.15, 0.2) is 5.78 Å². The largest absolute Gasteiger partial charge is 0.352 e. The molecule has 2 aromatic carbocycles. The van der Waals surface area contributed by atoms with Crippen molar-refractivity contribution < 1.29 is 9.59 Å². The summed E-state index contributed by atoms with van der Waals surface area (Å²) in [5.74, 6) is -0.738. The molecule has 0 spiro atoms. The lowest BCUT2D eigenvalue weighted by molar-refractivity contribution is -0.118. The van der Waals surface area contributed by atoms with Crippen molar-refractivity contribution in [2.24, 2.45) is 5.41 Å². The fourth-order valence-corrected chi connectivity index (χ4v) is 5.84. The highest BCUT2D eigenvalue weighted by atomic mass is 35.5. The van der Waals surface area contributed by atoms with Crippen molar-refractivity contribution in [3.63, 3.8) is 0 Å². The van der Waals surface area contributed by atoms with Crippen LogP contribution in [-0.4, -0.2) is 17.4 Å². The van der Waals surface area contributed by atoms with Gasteiger partial charge in [0.1, 0.15) is 0 Å². The Morgan fingerprint density at radius 3 is 2.49 bits per heavy atom. The number of hydrogen-bond donors (Lipinski definition) is 2. The first-order valence-electron chi connectivity index (χ1n) is 10.9. The number of allylic oxidation sites excluding steroid dienone is 3. The zero-order valence-electron chi connectivity index (χ0n) is 19.0. The van der Waals surface area contributed by atoms with E-state index in [0.717, 1.165) is 11.3 Å². The highest BCUT2D eigenvalue weighted by molar-refractivity contribution is 8.03. The van der Waals surface area contributed by atoms with Crippen molar-refractivity contribution in [1.29, 1.82) is 5.26 Å². The van der Waals surface area contributed by atoms with Gasteiger partial charge < -0.3 is 10.6 Å². The third-order valence-corrected chi connectivity index (χ3v) is 7.70. The second-order valence-electron chi connectivity index (χ2n) is 9.26. The predicted octanol–water partition coefficient (Wildman–Crippen LogP) is 7.08. The number of ketones is 1. The number of dihydropyridines is 1. The van der Waals surface area contributed by atoms with Gasteiger partial charge in [0.2, 0.25) is 5.91 Å². The number of carbonyl (C=O) groups is 2. The molecule has 0 fully saturated rings. The lowest BCUT2D eigenvalue weighted by atomic mass is 9.69. The summed E-state index contributed by atoms with van der Waals surface area (Å²) in [6.45, 7) is 4.10. The average Bonchev–Trinajstić information content (AvgIpc) is 2.78. The van der Waals surface area contributed by atoms with Crippen LogP contribution in [-0.2, 0) is 9.59 Å². The van der Waals surface area contributed by atoms with Gasteiger partial charge in [0.25, 0.3) is 0 Å². The molecule has 0 saturated carbocycles. The Kier molecular flexibility index (Phi) is 7.54. The third-order valence-electron chi connectivity index (χ3n) is 5.88. The number of halogens is 3. The van der Waals surface area contributed by atoms with E-state index in [1.54, 1.807) is 30.3 Å². The van der Waals surface area contributed by atoms with Gasteiger partial charge in [-0.2, -0.15) is 5.26 Å². The zero-order chi connectivity index (χ0) is 25.3. The van der Waals surface area contributed by atoms with Crippen LogP contribution in [0.3, 0.4) is 0 Å². The second-order valence-corrected chi connectivity index (χ2v) is 11.5. The van der Waals surface area contributed by atoms with Crippen LogP contribution in [0.4, 0.5) is 5.69 Å². The summed E-state index contributed by atoms with van der Waals surface area (Å²) >= 11 is 19.4. The minimum absolute atomic E-state index is 0.0237. The number of benzene rings is 2. The van der Waals surface area contributed by atoms with Gasteiger partial charge in [0.05, 0.1) is 39.1 Å². The molecule has 0 radical (unpaired) electrons. The molecule has 180 valence electrons. The molecule has 0 bridgehead atoms. The molecule has 9 heteroatoms. The Balaban J connectivity index is 1.64. The molecule has 0 aromatic heterocycles. The minimum Gasteiger partial charge on any atom is -0.352 e. The molecule has 1 aliphatic heterocycles. The standard InChI is InChI=1S/C26H22Cl3N3O2S/c1-26(2)10-20-24(21(33)11-26)23(14-3-5-15(27)6-4-14)17(12-30)25(32-20)35-13-22(34)31-19-8-7-16(28)9-18(19)29/h3-9,23,32H,10-11,13H2,1-2H3,(H,31,34)/t23-/m1/s1. The number of anilines is 1. The van der Waals surface area contributed by atoms with Gasteiger partial charge in [-0.05, 0) is 47.7 Å². The number of thioether (sulfide) groups is 1. The molecule has 1 atom stereocenters. The van der Waals surface area contributed by atoms with Gasteiger partial charge in [-0.1, -0.05) is 72.5 Å². The maximum Gasteiger partial charge on any atom is 0.234 e.